The zero-order chi connectivity index (χ0) is 18.7. The van der Waals surface area contributed by atoms with Crippen LogP contribution in [0.5, 0.6) is 0 Å². The lowest BCUT2D eigenvalue weighted by Gasteiger charge is -2.27. The average Bonchev–Trinajstić information content (AvgIpc) is 3.40. The van der Waals surface area contributed by atoms with Crippen LogP contribution in [0.25, 0.3) is 0 Å². The van der Waals surface area contributed by atoms with Crippen molar-refractivity contribution in [3.05, 3.63) is 56.2 Å². The van der Waals surface area contributed by atoms with Crippen molar-refractivity contribution in [2.24, 2.45) is 28.8 Å². The Bertz CT molecular complexity index is 959. The third-order valence-electron chi connectivity index (χ3n) is 6.18. The van der Waals surface area contributed by atoms with E-state index in [9.17, 15) is 9.59 Å². The zero-order valence-electron chi connectivity index (χ0n) is 14.2. The van der Waals surface area contributed by atoms with Crippen LogP contribution in [0.4, 0.5) is 0 Å². The number of halogens is 2. The van der Waals surface area contributed by atoms with Crippen LogP contribution in [0.1, 0.15) is 29.2 Å². The van der Waals surface area contributed by atoms with Crippen LogP contribution in [-0.4, -0.2) is 23.0 Å². The zero-order valence-corrected chi connectivity index (χ0v) is 16.5. The summed E-state index contributed by atoms with van der Waals surface area (Å²) in [5.41, 5.74) is 0.623. The lowest BCUT2D eigenvalue weighted by molar-refractivity contribution is -0.140. The molecule has 2 aromatic rings. The van der Waals surface area contributed by atoms with Gasteiger partial charge in [-0.15, -0.1) is 11.3 Å². The minimum absolute atomic E-state index is 0.163. The summed E-state index contributed by atoms with van der Waals surface area (Å²) < 4.78 is 0. The van der Waals surface area contributed by atoms with Crippen LogP contribution in [0.3, 0.4) is 0 Å². The van der Waals surface area contributed by atoms with Crippen LogP contribution in [0.2, 0.25) is 10.0 Å². The summed E-state index contributed by atoms with van der Waals surface area (Å²) in [5, 5.41) is 8.30. The van der Waals surface area contributed by atoms with E-state index >= 15 is 0 Å². The molecular formula is C20H16Cl2N2O2S. The van der Waals surface area contributed by atoms with Crippen LogP contribution >= 0.6 is 34.5 Å². The maximum Gasteiger partial charge on any atom is 0.254 e. The first-order valence-corrected chi connectivity index (χ1v) is 10.6. The highest BCUT2D eigenvalue weighted by molar-refractivity contribution is 7.10. The van der Waals surface area contributed by atoms with E-state index in [1.807, 2.05) is 0 Å². The molecule has 1 aromatic carbocycles. The molecule has 2 saturated carbocycles. The first-order chi connectivity index (χ1) is 13.0. The number of benzene rings is 1. The van der Waals surface area contributed by atoms with Crippen molar-refractivity contribution in [2.75, 3.05) is 0 Å². The fourth-order valence-corrected chi connectivity index (χ4v) is 6.49. The minimum Gasteiger partial charge on any atom is -0.272 e. The molecule has 5 atom stereocenters. The van der Waals surface area contributed by atoms with Gasteiger partial charge in [-0.2, -0.15) is 10.1 Å². The van der Waals surface area contributed by atoms with Gasteiger partial charge < -0.3 is 0 Å². The fourth-order valence-electron chi connectivity index (χ4n) is 5.11. The molecule has 2 bridgehead atoms. The Morgan fingerprint density at radius 3 is 2.67 bits per heavy atom. The standard InChI is InChI=1S/C20H16Cl2N2O2S/c21-12-4-3-10(15(22)8-12)9-23-24-19(25)17-11-6-13(16-2-1-5-27-16)14(7-11)18(17)20(24)26/h1-5,8-9,11,13-14,17-18H,6-7H2/b23-9+/t11-,13?,14-,17-,18+/m1/s1. The number of rotatable bonds is 3. The molecule has 2 amide bonds. The third-order valence-corrected chi connectivity index (χ3v) is 7.74. The van der Waals surface area contributed by atoms with Gasteiger partial charge in [0.1, 0.15) is 0 Å². The number of hydrogen-bond donors (Lipinski definition) is 0. The number of nitrogens with zero attached hydrogens (tertiary/aromatic N) is 2. The molecular weight excluding hydrogens is 403 g/mol. The molecule has 1 aliphatic heterocycles. The monoisotopic (exact) mass is 418 g/mol. The number of amides is 2. The van der Waals surface area contributed by atoms with E-state index in [2.05, 4.69) is 22.6 Å². The Labute approximate surface area is 170 Å². The maximum absolute atomic E-state index is 13.0. The maximum atomic E-state index is 13.0. The van der Waals surface area contributed by atoms with E-state index in [0.717, 1.165) is 17.9 Å². The molecule has 1 unspecified atom stereocenters. The minimum atomic E-state index is -0.235. The third kappa shape index (κ3) is 2.67. The summed E-state index contributed by atoms with van der Waals surface area (Å²) in [7, 11) is 0. The number of fused-ring (bicyclic) bond motifs is 5. The van der Waals surface area contributed by atoms with Gasteiger partial charge in [-0.1, -0.05) is 35.3 Å². The van der Waals surface area contributed by atoms with Gasteiger partial charge >= 0.3 is 0 Å². The Balaban J connectivity index is 1.41. The number of carbonyl (C=O) groups excluding carboxylic acids is 2. The van der Waals surface area contributed by atoms with E-state index in [0.29, 0.717) is 21.5 Å². The van der Waals surface area contributed by atoms with E-state index in [-0.39, 0.29) is 35.5 Å². The Morgan fingerprint density at radius 1 is 1.11 bits per heavy atom. The number of hydrazone groups is 1. The molecule has 7 heteroatoms. The molecule has 0 radical (unpaired) electrons. The van der Waals surface area contributed by atoms with E-state index in [1.54, 1.807) is 29.5 Å². The van der Waals surface area contributed by atoms with Crippen molar-refractivity contribution in [1.82, 2.24) is 5.01 Å². The summed E-state index contributed by atoms with van der Waals surface area (Å²) in [6.45, 7) is 0. The molecule has 0 spiro atoms. The van der Waals surface area contributed by atoms with E-state index < -0.39 is 0 Å². The van der Waals surface area contributed by atoms with Crippen LogP contribution in [-0.2, 0) is 9.59 Å². The number of thiophene rings is 1. The summed E-state index contributed by atoms with van der Waals surface area (Å²) in [5.74, 6) is 0.140. The molecule has 5 rings (SSSR count). The molecule has 4 nitrogen and oxygen atoms in total. The highest BCUT2D eigenvalue weighted by Crippen LogP contribution is 2.62. The number of hydrogen-bond acceptors (Lipinski definition) is 4. The van der Waals surface area contributed by atoms with E-state index in [4.69, 9.17) is 23.2 Å². The van der Waals surface area contributed by atoms with Gasteiger partial charge in [-0.25, -0.2) is 0 Å². The molecule has 138 valence electrons. The normalized spacial score (nSPS) is 32.1. The van der Waals surface area contributed by atoms with Gasteiger partial charge in [0.15, 0.2) is 0 Å². The highest BCUT2D eigenvalue weighted by Gasteiger charge is 2.64. The summed E-state index contributed by atoms with van der Waals surface area (Å²) in [6.07, 6.45) is 3.43. The van der Waals surface area contributed by atoms with Crippen LogP contribution in [0, 0.1) is 23.7 Å². The smallest absolute Gasteiger partial charge is 0.254 e. The van der Waals surface area contributed by atoms with E-state index in [1.165, 1.54) is 11.1 Å². The Hall–Kier alpha value is -1.69. The highest BCUT2D eigenvalue weighted by atomic mass is 35.5. The first kappa shape index (κ1) is 17.4. The summed E-state index contributed by atoms with van der Waals surface area (Å²) in [4.78, 5) is 27.2. The molecule has 2 aliphatic carbocycles. The quantitative estimate of drug-likeness (QED) is 0.530. The SMILES string of the molecule is O=C1[C@@H]2[C@@H]3CC(c4cccs4)[C@@H](C3)[C@@H]2C(=O)N1/N=C/c1ccc(Cl)cc1Cl. The molecule has 2 heterocycles. The second-order valence-corrected chi connectivity index (χ2v) is 9.29. The molecule has 0 N–H and O–H groups in total. The van der Waals surface area contributed by atoms with Gasteiger partial charge in [-0.05, 0) is 54.2 Å². The lowest BCUT2D eigenvalue weighted by Crippen LogP contribution is -2.29. The van der Waals surface area contributed by atoms with Crippen LogP contribution in [0.15, 0.2) is 40.8 Å². The second-order valence-electron chi connectivity index (χ2n) is 7.47. The van der Waals surface area contributed by atoms with Gasteiger partial charge in [0.2, 0.25) is 0 Å². The van der Waals surface area contributed by atoms with Crippen molar-refractivity contribution >= 4 is 52.6 Å². The predicted octanol–water partition coefficient (Wildman–Crippen LogP) is 4.81. The number of imide groups is 1. The van der Waals surface area contributed by atoms with Crippen molar-refractivity contribution in [2.45, 2.75) is 18.8 Å². The van der Waals surface area contributed by atoms with Gasteiger partial charge in [0.05, 0.1) is 23.1 Å². The van der Waals surface area contributed by atoms with Crippen molar-refractivity contribution in [1.29, 1.82) is 0 Å². The van der Waals surface area contributed by atoms with Gasteiger partial charge in [0.25, 0.3) is 11.8 Å². The summed E-state index contributed by atoms with van der Waals surface area (Å²) in [6, 6.07) is 9.22. The average molecular weight is 419 g/mol. The predicted molar refractivity (Wildman–Crippen MR) is 106 cm³/mol. The molecule has 27 heavy (non-hydrogen) atoms. The molecule has 1 aromatic heterocycles. The Kier molecular flexibility index (Phi) is 4.15. The summed E-state index contributed by atoms with van der Waals surface area (Å²) >= 11 is 13.8. The van der Waals surface area contributed by atoms with Gasteiger partial charge in [0, 0.05) is 15.5 Å². The largest absolute Gasteiger partial charge is 0.272 e. The Morgan fingerprint density at radius 2 is 1.93 bits per heavy atom. The van der Waals surface area contributed by atoms with Gasteiger partial charge in [-0.3, -0.25) is 9.59 Å². The van der Waals surface area contributed by atoms with Crippen LogP contribution < -0.4 is 0 Å². The van der Waals surface area contributed by atoms with Crippen molar-refractivity contribution in [3.63, 3.8) is 0 Å². The first-order valence-electron chi connectivity index (χ1n) is 8.95. The molecule has 3 fully saturated rings. The van der Waals surface area contributed by atoms with Crippen molar-refractivity contribution < 1.29 is 9.59 Å². The fraction of sp³-hybridized carbons (Fsp3) is 0.350. The molecule has 1 saturated heterocycles. The number of carbonyl (C=O) groups is 2. The molecule has 3 aliphatic rings. The van der Waals surface area contributed by atoms with Crippen molar-refractivity contribution in [3.8, 4) is 0 Å². The lowest BCUT2D eigenvalue weighted by atomic mass is 9.75. The topological polar surface area (TPSA) is 49.7 Å². The second kappa shape index (κ2) is 6.43.